The molecule has 0 aromatic carbocycles. The van der Waals surface area contributed by atoms with Crippen LogP contribution in [-0.2, 0) is 4.79 Å². The van der Waals surface area contributed by atoms with E-state index >= 15 is 0 Å². The number of aromatic nitrogens is 3. The van der Waals surface area contributed by atoms with Crippen LogP contribution in [0.25, 0.3) is 5.82 Å². The number of hydrogen-bond acceptors (Lipinski definition) is 3. The Balaban J connectivity index is 1.50. The summed E-state index contributed by atoms with van der Waals surface area (Å²) in [6, 6.07) is 3.78. The summed E-state index contributed by atoms with van der Waals surface area (Å²) >= 11 is 0. The lowest BCUT2D eigenvalue weighted by Gasteiger charge is -2.27. The van der Waals surface area contributed by atoms with Crippen molar-refractivity contribution in [2.24, 2.45) is 11.8 Å². The van der Waals surface area contributed by atoms with Crippen LogP contribution in [0.3, 0.4) is 0 Å². The van der Waals surface area contributed by atoms with Gasteiger partial charge in [-0.1, -0.05) is 26.2 Å². The molecule has 5 nitrogen and oxygen atoms in total. The zero-order valence-corrected chi connectivity index (χ0v) is 14.3. The molecule has 0 radical (unpaired) electrons. The van der Waals surface area contributed by atoms with Gasteiger partial charge in [0.2, 0.25) is 5.91 Å². The molecule has 0 saturated heterocycles. The van der Waals surface area contributed by atoms with E-state index in [4.69, 9.17) is 0 Å². The fraction of sp³-hybridized carbons (Fsp3) is 0.526. The molecule has 3 rings (SSSR count). The molecule has 128 valence electrons. The molecule has 0 aliphatic heterocycles. The van der Waals surface area contributed by atoms with Crippen molar-refractivity contribution in [2.45, 2.75) is 51.9 Å². The second kappa shape index (κ2) is 8.08. The Morgan fingerprint density at radius 2 is 2.12 bits per heavy atom. The number of unbranched alkanes of at least 4 members (excludes halogenated alkanes) is 1. The minimum Gasteiger partial charge on any atom is -0.324 e. The number of pyridine rings is 1. The fourth-order valence-electron chi connectivity index (χ4n) is 3.46. The molecule has 1 N–H and O–H groups in total. The highest BCUT2D eigenvalue weighted by atomic mass is 16.1. The summed E-state index contributed by atoms with van der Waals surface area (Å²) in [5.74, 6) is 1.91. The number of carbonyl (C=O) groups is 1. The molecule has 24 heavy (non-hydrogen) atoms. The molecule has 2 aromatic heterocycles. The number of nitrogens with zero attached hydrogens (tertiary/aromatic N) is 3. The largest absolute Gasteiger partial charge is 0.324 e. The Hall–Kier alpha value is -2.17. The van der Waals surface area contributed by atoms with Crippen molar-refractivity contribution in [1.29, 1.82) is 0 Å². The van der Waals surface area contributed by atoms with Gasteiger partial charge in [0.1, 0.15) is 12.1 Å². The Labute approximate surface area is 143 Å². The van der Waals surface area contributed by atoms with Crippen LogP contribution in [0, 0.1) is 11.8 Å². The molecule has 1 amide bonds. The molecule has 1 aliphatic carbocycles. The van der Waals surface area contributed by atoms with Crippen molar-refractivity contribution in [2.75, 3.05) is 5.32 Å². The minimum atomic E-state index is 0.140. The highest BCUT2D eigenvalue weighted by Gasteiger charge is 2.26. The molecular weight excluding hydrogens is 300 g/mol. The molecule has 0 unspecified atom stereocenters. The summed E-state index contributed by atoms with van der Waals surface area (Å²) in [6.07, 6.45) is 15.3. The van der Waals surface area contributed by atoms with Gasteiger partial charge in [-0.05, 0) is 43.7 Å². The lowest BCUT2D eigenvalue weighted by atomic mass is 9.79. The van der Waals surface area contributed by atoms with Gasteiger partial charge in [-0.25, -0.2) is 9.97 Å². The lowest BCUT2D eigenvalue weighted by Crippen LogP contribution is -2.27. The van der Waals surface area contributed by atoms with Crippen LogP contribution in [-0.4, -0.2) is 20.4 Å². The SMILES string of the molecule is CCCCC1CCC(C(=O)Nc2ccc(-n3ccnc3)nc2)CC1. The van der Waals surface area contributed by atoms with Crippen molar-refractivity contribution in [1.82, 2.24) is 14.5 Å². The number of hydrogen-bond donors (Lipinski definition) is 1. The number of nitrogens with one attached hydrogen (secondary N) is 1. The third-order valence-electron chi connectivity index (χ3n) is 4.97. The van der Waals surface area contributed by atoms with Gasteiger partial charge in [0.25, 0.3) is 0 Å². The Morgan fingerprint density at radius 3 is 2.75 bits per heavy atom. The number of rotatable bonds is 6. The first kappa shape index (κ1) is 16.7. The third-order valence-corrected chi connectivity index (χ3v) is 4.97. The lowest BCUT2D eigenvalue weighted by molar-refractivity contribution is -0.121. The summed E-state index contributed by atoms with van der Waals surface area (Å²) < 4.78 is 1.84. The van der Waals surface area contributed by atoms with Gasteiger partial charge in [-0.3, -0.25) is 9.36 Å². The second-order valence-corrected chi connectivity index (χ2v) is 6.72. The quantitative estimate of drug-likeness (QED) is 0.865. The van der Waals surface area contributed by atoms with Gasteiger partial charge in [0, 0.05) is 18.3 Å². The fourth-order valence-corrected chi connectivity index (χ4v) is 3.46. The van der Waals surface area contributed by atoms with E-state index in [-0.39, 0.29) is 11.8 Å². The standard InChI is InChI=1S/C19H26N4O/c1-2-3-4-15-5-7-16(8-6-15)19(24)22-17-9-10-18(21-13-17)23-12-11-20-14-23/h9-16H,2-8H2,1H3,(H,22,24). The van der Waals surface area contributed by atoms with E-state index in [2.05, 4.69) is 22.2 Å². The van der Waals surface area contributed by atoms with E-state index in [1.165, 1.54) is 32.1 Å². The van der Waals surface area contributed by atoms with E-state index in [1.54, 1.807) is 18.7 Å². The number of amides is 1. The van der Waals surface area contributed by atoms with Gasteiger partial charge < -0.3 is 5.32 Å². The first-order chi connectivity index (χ1) is 11.8. The average molecular weight is 326 g/mol. The first-order valence-electron chi connectivity index (χ1n) is 9.01. The molecule has 5 heteroatoms. The van der Waals surface area contributed by atoms with Crippen LogP contribution < -0.4 is 5.32 Å². The molecule has 0 bridgehead atoms. The van der Waals surface area contributed by atoms with Gasteiger partial charge in [-0.2, -0.15) is 0 Å². The predicted octanol–water partition coefficient (Wildman–Crippen LogP) is 4.20. The average Bonchev–Trinajstić information content (AvgIpc) is 3.15. The van der Waals surface area contributed by atoms with Gasteiger partial charge in [0.05, 0.1) is 11.9 Å². The van der Waals surface area contributed by atoms with Crippen molar-refractivity contribution in [3.05, 3.63) is 37.1 Å². The number of imidazole rings is 1. The van der Waals surface area contributed by atoms with E-state index < -0.39 is 0 Å². The van der Waals surface area contributed by atoms with Gasteiger partial charge in [0.15, 0.2) is 0 Å². The number of carbonyl (C=O) groups excluding carboxylic acids is 1. The van der Waals surface area contributed by atoms with Crippen LogP contribution in [0.1, 0.15) is 51.9 Å². The first-order valence-corrected chi connectivity index (χ1v) is 9.01. The van der Waals surface area contributed by atoms with Crippen molar-refractivity contribution >= 4 is 11.6 Å². The van der Waals surface area contributed by atoms with Crippen LogP contribution in [0.15, 0.2) is 37.1 Å². The zero-order chi connectivity index (χ0) is 16.8. The molecule has 2 heterocycles. The normalized spacial score (nSPS) is 20.7. The molecule has 1 fully saturated rings. The summed E-state index contributed by atoms with van der Waals surface area (Å²) in [5, 5.41) is 3.02. The summed E-state index contributed by atoms with van der Waals surface area (Å²) in [6.45, 7) is 2.24. The molecule has 2 aromatic rings. The van der Waals surface area contributed by atoms with E-state index in [0.717, 1.165) is 30.3 Å². The van der Waals surface area contributed by atoms with Crippen LogP contribution >= 0.6 is 0 Å². The van der Waals surface area contributed by atoms with E-state index in [1.807, 2.05) is 22.9 Å². The van der Waals surface area contributed by atoms with Crippen molar-refractivity contribution in [3.63, 3.8) is 0 Å². The smallest absolute Gasteiger partial charge is 0.227 e. The summed E-state index contributed by atoms with van der Waals surface area (Å²) in [7, 11) is 0. The molecular formula is C19H26N4O. The molecule has 0 atom stereocenters. The maximum atomic E-state index is 12.4. The molecule has 0 spiro atoms. The Morgan fingerprint density at radius 1 is 1.29 bits per heavy atom. The van der Waals surface area contributed by atoms with Crippen LogP contribution in [0.2, 0.25) is 0 Å². The Bertz CT molecular complexity index is 628. The van der Waals surface area contributed by atoms with Gasteiger partial charge >= 0.3 is 0 Å². The maximum absolute atomic E-state index is 12.4. The second-order valence-electron chi connectivity index (χ2n) is 6.72. The highest BCUT2D eigenvalue weighted by Crippen LogP contribution is 2.32. The summed E-state index contributed by atoms with van der Waals surface area (Å²) in [5.41, 5.74) is 0.761. The van der Waals surface area contributed by atoms with E-state index in [0.29, 0.717) is 0 Å². The van der Waals surface area contributed by atoms with Crippen molar-refractivity contribution < 1.29 is 4.79 Å². The number of anilines is 1. The highest BCUT2D eigenvalue weighted by molar-refractivity contribution is 5.92. The zero-order valence-electron chi connectivity index (χ0n) is 14.3. The summed E-state index contributed by atoms with van der Waals surface area (Å²) in [4.78, 5) is 20.8. The van der Waals surface area contributed by atoms with Crippen LogP contribution in [0.5, 0.6) is 0 Å². The van der Waals surface area contributed by atoms with Gasteiger partial charge in [-0.15, -0.1) is 0 Å². The van der Waals surface area contributed by atoms with Crippen molar-refractivity contribution in [3.8, 4) is 5.82 Å². The monoisotopic (exact) mass is 326 g/mol. The maximum Gasteiger partial charge on any atom is 0.227 e. The van der Waals surface area contributed by atoms with Crippen LogP contribution in [0.4, 0.5) is 5.69 Å². The predicted molar refractivity (Wildman–Crippen MR) is 95.0 cm³/mol. The molecule has 1 aliphatic rings. The Kier molecular flexibility index (Phi) is 5.62. The minimum absolute atomic E-state index is 0.140. The third kappa shape index (κ3) is 4.22. The topological polar surface area (TPSA) is 59.8 Å². The van der Waals surface area contributed by atoms with E-state index in [9.17, 15) is 4.79 Å². The molecule has 1 saturated carbocycles.